The third-order valence-corrected chi connectivity index (χ3v) is 4.73. The minimum Gasteiger partial charge on any atom is -0.326 e. The SMILES string of the molecule is CCCn1c(=O)n(CCC(=O)Nc2ccc(C)c(C)c2)c2ccccc21. The number of nitrogens with one attached hydrogen (secondary N) is 1. The van der Waals surface area contributed by atoms with Crippen LogP contribution in [0.15, 0.2) is 47.3 Å². The number of nitrogens with zero attached hydrogens (tertiary/aromatic N) is 2. The van der Waals surface area contributed by atoms with E-state index in [1.165, 1.54) is 5.56 Å². The van der Waals surface area contributed by atoms with Crippen molar-refractivity contribution < 1.29 is 4.79 Å². The minimum absolute atomic E-state index is 0.0490. The largest absolute Gasteiger partial charge is 0.329 e. The van der Waals surface area contributed by atoms with E-state index in [0.717, 1.165) is 28.7 Å². The summed E-state index contributed by atoms with van der Waals surface area (Å²) < 4.78 is 3.49. The maximum Gasteiger partial charge on any atom is 0.329 e. The van der Waals surface area contributed by atoms with Crippen molar-refractivity contribution in [2.45, 2.75) is 46.7 Å². The molecule has 0 aliphatic carbocycles. The average Bonchev–Trinajstić information content (AvgIpc) is 2.89. The molecule has 0 spiro atoms. The third kappa shape index (κ3) is 3.57. The first-order valence-electron chi connectivity index (χ1n) is 9.06. The Kier molecular flexibility index (Phi) is 5.26. The van der Waals surface area contributed by atoms with Crippen molar-refractivity contribution in [3.05, 3.63) is 64.1 Å². The molecule has 0 atom stereocenters. The summed E-state index contributed by atoms with van der Waals surface area (Å²) in [5, 5.41) is 2.92. The van der Waals surface area contributed by atoms with Crippen LogP contribution in [0.25, 0.3) is 11.0 Å². The van der Waals surface area contributed by atoms with Crippen molar-refractivity contribution in [1.82, 2.24) is 9.13 Å². The van der Waals surface area contributed by atoms with Gasteiger partial charge in [-0.3, -0.25) is 13.9 Å². The van der Waals surface area contributed by atoms with Gasteiger partial charge in [-0.25, -0.2) is 4.79 Å². The smallest absolute Gasteiger partial charge is 0.326 e. The Labute approximate surface area is 153 Å². The van der Waals surface area contributed by atoms with Crippen molar-refractivity contribution in [3.8, 4) is 0 Å². The first-order valence-corrected chi connectivity index (χ1v) is 9.06. The van der Waals surface area contributed by atoms with Gasteiger partial charge in [0.1, 0.15) is 0 Å². The van der Waals surface area contributed by atoms with Crippen LogP contribution in [0.5, 0.6) is 0 Å². The zero-order chi connectivity index (χ0) is 18.7. The third-order valence-electron chi connectivity index (χ3n) is 4.73. The van der Waals surface area contributed by atoms with Crippen LogP contribution in [0.1, 0.15) is 30.9 Å². The first-order chi connectivity index (χ1) is 12.5. The highest BCUT2D eigenvalue weighted by Crippen LogP contribution is 2.16. The lowest BCUT2D eigenvalue weighted by atomic mass is 10.1. The molecule has 136 valence electrons. The molecule has 0 saturated heterocycles. The fraction of sp³-hybridized carbons (Fsp3) is 0.333. The van der Waals surface area contributed by atoms with Gasteiger partial charge in [-0.15, -0.1) is 0 Å². The number of carbonyl (C=O) groups excluding carboxylic acids is 1. The molecule has 0 aliphatic heterocycles. The number of carbonyl (C=O) groups is 1. The van der Waals surface area contributed by atoms with Crippen molar-refractivity contribution >= 4 is 22.6 Å². The second-order valence-electron chi connectivity index (χ2n) is 6.67. The van der Waals surface area contributed by atoms with E-state index in [4.69, 9.17) is 0 Å². The number of aryl methyl sites for hydroxylation is 4. The summed E-state index contributed by atoms with van der Waals surface area (Å²) in [4.78, 5) is 25.1. The molecule has 5 heteroatoms. The summed E-state index contributed by atoms with van der Waals surface area (Å²) in [5.41, 5.74) is 4.88. The predicted octanol–water partition coefficient (Wildman–Crippen LogP) is 3.86. The van der Waals surface area contributed by atoms with Gasteiger partial charge in [-0.2, -0.15) is 0 Å². The van der Waals surface area contributed by atoms with Crippen molar-refractivity contribution in [1.29, 1.82) is 0 Å². The number of rotatable bonds is 6. The number of amides is 1. The fourth-order valence-corrected chi connectivity index (χ4v) is 3.18. The second kappa shape index (κ2) is 7.60. The summed E-state index contributed by atoms with van der Waals surface area (Å²) in [6.45, 7) is 7.16. The standard InChI is InChI=1S/C21H25N3O2/c1-4-12-23-18-7-5-6-8-19(18)24(21(23)26)13-11-20(25)22-17-10-9-15(2)16(3)14-17/h5-10,14H,4,11-13H2,1-3H3,(H,22,25). The van der Waals surface area contributed by atoms with Gasteiger partial charge in [0.15, 0.2) is 0 Å². The van der Waals surface area contributed by atoms with Gasteiger partial charge >= 0.3 is 5.69 Å². The quantitative estimate of drug-likeness (QED) is 0.733. The van der Waals surface area contributed by atoms with Gasteiger partial charge in [-0.05, 0) is 55.7 Å². The van der Waals surface area contributed by atoms with Gasteiger partial charge in [-0.1, -0.05) is 25.1 Å². The lowest BCUT2D eigenvalue weighted by molar-refractivity contribution is -0.116. The molecule has 1 aromatic heterocycles. The number of hydrogen-bond donors (Lipinski definition) is 1. The topological polar surface area (TPSA) is 56.0 Å². The van der Waals surface area contributed by atoms with E-state index < -0.39 is 0 Å². The lowest BCUT2D eigenvalue weighted by Gasteiger charge is -2.08. The molecule has 3 aromatic rings. The number of fused-ring (bicyclic) bond motifs is 1. The van der Waals surface area contributed by atoms with E-state index in [1.54, 1.807) is 9.13 Å². The Morgan fingerprint density at radius 2 is 1.62 bits per heavy atom. The van der Waals surface area contributed by atoms with Crippen LogP contribution in [0, 0.1) is 13.8 Å². The maximum atomic E-state index is 12.7. The number of aromatic nitrogens is 2. The van der Waals surface area contributed by atoms with Gasteiger partial charge in [0.2, 0.25) is 5.91 Å². The van der Waals surface area contributed by atoms with Crippen molar-refractivity contribution in [2.24, 2.45) is 0 Å². The average molecular weight is 351 g/mol. The lowest BCUT2D eigenvalue weighted by Crippen LogP contribution is -2.26. The van der Waals surface area contributed by atoms with E-state index in [1.807, 2.05) is 56.3 Å². The Balaban J connectivity index is 1.77. The van der Waals surface area contributed by atoms with E-state index in [0.29, 0.717) is 13.1 Å². The zero-order valence-corrected chi connectivity index (χ0v) is 15.6. The molecule has 5 nitrogen and oxygen atoms in total. The van der Waals surface area contributed by atoms with Gasteiger partial charge in [0.05, 0.1) is 11.0 Å². The van der Waals surface area contributed by atoms with Gasteiger partial charge in [0.25, 0.3) is 0 Å². The van der Waals surface area contributed by atoms with Crippen LogP contribution in [0.4, 0.5) is 5.69 Å². The monoisotopic (exact) mass is 351 g/mol. The molecule has 0 bridgehead atoms. The van der Waals surface area contributed by atoms with Crippen LogP contribution >= 0.6 is 0 Å². The van der Waals surface area contributed by atoms with E-state index >= 15 is 0 Å². The van der Waals surface area contributed by atoms with Crippen LogP contribution in [-0.4, -0.2) is 15.0 Å². The van der Waals surface area contributed by atoms with Gasteiger partial charge < -0.3 is 5.32 Å². The molecular formula is C21H25N3O2. The summed E-state index contributed by atoms with van der Waals surface area (Å²) in [6.07, 6.45) is 1.15. The molecule has 0 aliphatic rings. The molecule has 26 heavy (non-hydrogen) atoms. The number of para-hydroxylation sites is 2. The van der Waals surface area contributed by atoms with Crippen LogP contribution in [-0.2, 0) is 17.9 Å². The Morgan fingerprint density at radius 1 is 0.962 bits per heavy atom. The normalized spacial score (nSPS) is 11.0. The summed E-state index contributed by atoms with van der Waals surface area (Å²) >= 11 is 0. The van der Waals surface area contributed by atoms with E-state index in [2.05, 4.69) is 12.2 Å². The molecular weight excluding hydrogens is 326 g/mol. The molecule has 2 aromatic carbocycles. The van der Waals surface area contributed by atoms with Gasteiger partial charge in [0, 0.05) is 25.2 Å². The molecule has 1 heterocycles. The summed E-state index contributed by atoms with van der Waals surface area (Å²) in [5.74, 6) is -0.0903. The molecule has 0 fully saturated rings. The molecule has 1 amide bonds. The highest BCUT2D eigenvalue weighted by Gasteiger charge is 2.13. The van der Waals surface area contributed by atoms with E-state index in [9.17, 15) is 9.59 Å². The first kappa shape index (κ1) is 18.0. The molecule has 1 N–H and O–H groups in total. The highest BCUT2D eigenvalue weighted by atomic mass is 16.2. The van der Waals surface area contributed by atoms with Crippen molar-refractivity contribution in [3.63, 3.8) is 0 Å². The number of imidazole rings is 1. The van der Waals surface area contributed by atoms with E-state index in [-0.39, 0.29) is 18.0 Å². The molecule has 0 radical (unpaired) electrons. The Hall–Kier alpha value is -2.82. The molecule has 0 unspecified atom stereocenters. The number of hydrogen-bond acceptors (Lipinski definition) is 2. The predicted molar refractivity (Wildman–Crippen MR) is 106 cm³/mol. The fourth-order valence-electron chi connectivity index (χ4n) is 3.18. The summed E-state index contributed by atoms with van der Waals surface area (Å²) in [7, 11) is 0. The highest BCUT2D eigenvalue weighted by molar-refractivity contribution is 5.90. The molecule has 0 saturated carbocycles. The summed E-state index contributed by atoms with van der Waals surface area (Å²) in [6, 6.07) is 13.6. The van der Waals surface area contributed by atoms with Crippen LogP contribution in [0.3, 0.4) is 0 Å². The number of anilines is 1. The minimum atomic E-state index is -0.0903. The Bertz CT molecular complexity index is 998. The molecule has 3 rings (SSSR count). The van der Waals surface area contributed by atoms with Crippen molar-refractivity contribution in [2.75, 3.05) is 5.32 Å². The zero-order valence-electron chi connectivity index (χ0n) is 15.6. The maximum absolute atomic E-state index is 12.7. The number of benzene rings is 2. The second-order valence-corrected chi connectivity index (χ2v) is 6.67. The van der Waals surface area contributed by atoms with Crippen LogP contribution in [0.2, 0.25) is 0 Å². The Morgan fingerprint density at radius 3 is 2.23 bits per heavy atom. The van der Waals surface area contributed by atoms with Crippen LogP contribution < -0.4 is 11.0 Å².